The normalized spacial score (nSPS) is 30.3. The molecule has 1 saturated heterocycles. The molecule has 100 valence electrons. The van der Waals surface area contributed by atoms with Crippen LogP contribution < -0.4 is 5.73 Å². The molecule has 0 spiro atoms. The van der Waals surface area contributed by atoms with E-state index >= 15 is 0 Å². The van der Waals surface area contributed by atoms with E-state index in [2.05, 4.69) is 10.1 Å². The zero-order chi connectivity index (χ0) is 12.8. The van der Waals surface area contributed by atoms with E-state index in [4.69, 9.17) is 5.73 Å². The molecule has 0 aliphatic carbocycles. The maximum Gasteiger partial charge on any atom is 0.151 e. The topological polar surface area (TPSA) is 90.9 Å². The summed E-state index contributed by atoms with van der Waals surface area (Å²) >= 11 is 0. The van der Waals surface area contributed by atoms with Crippen molar-refractivity contribution >= 4 is 9.84 Å². The second-order valence-electron chi connectivity index (χ2n) is 5.33. The molecule has 7 heteroatoms. The Labute approximate surface area is 106 Å². The molecule has 1 aromatic heterocycles. The molecule has 1 fully saturated rings. The van der Waals surface area contributed by atoms with Gasteiger partial charge in [-0.25, -0.2) is 18.1 Å². The van der Waals surface area contributed by atoms with Gasteiger partial charge in [-0.3, -0.25) is 0 Å². The maximum absolute atomic E-state index is 11.4. The number of hydrogen-bond acceptors (Lipinski definition) is 5. The van der Waals surface area contributed by atoms with Gasteiger partial charge < -0.3 is 5.73 Å². The van der Waals surface area contributed by atoms with Crippen molar-refractivity contribution in [3.8, 4) is 0 Å². The first-order chi connectivity index (χ1) is 8.53. The Hall–Kier alpha value is -0.950. The van der Waals surface area contributed by atoms with Crippen LogP contribution in [0.5, 0.6) is 0 Å². The van der Waals surface area contributed by atoms with E-state index in [-0.39, 0.29) is 17.7 Å². The van der Waals surface area contributed by atoms with Crippen LogP contribution in [0.25, 0.3) is 0 Å². The van der Waals surface area contributed by atoms with Gasteiger partial charge in [0.1, 0.15) is 5.82 Å². The Bertz CT molecular complexity index is 551. The summed E-state index contributed by atoms with van der Waals surface area (Å²) in [5.41, 5.74) is 5.99. The van der Waals surface area contributed by atoms with Gasteiger partial charge in [0.25, 0.3) is 0 Å². The summed E-state index contributed by atoms with van der Waals surface area (Å²) in [5.74, 6) is 2.38. The molecule has 18 heavy (non-hydrogen) atoms. The fourth-order valence-electron chi connectivity index (χ4n) is 2.81. The van der Waals surface area contributed by atoms with Crippen LogP contribution in [-0.4, -0.2) is 34.7 Å². The molecule has 0 saturated carbocycles. The van der Waals surface area contributed by atoms with E-state index < -0.39 is 9.84 Å². The van der Waals surface area contributed by atoms with Crippen molar-refractivity contribution in [2.45, 2.75) is 38.3 Å². The minimum atomic E-state index is -2.82. The molecule has 0 bridgehead atoms. The molecule has 2 aliphatic heterocycles. The molecule has 0 aromatic carbocycles. The molecule has 2 aliphatic rings. The fourth-order valence-corrected chi connectivity index (χ4v) is 4.67. The van der Waals surface area contributed by atoms with Gasteiger partial charge in [0.15, 0.2) is 15.7 Å². The highest BCUT2D eigenvalue weighted by Gasteiger charge is 2.30. The Kier molecular flexibility index (Phi) is 2.90. The van der Waals surface area contributed by atoms with Crippen LogP contribution in [0.1, 0.15) is 37.0 Å². The lowest BCUT2D eigenvalue weighted by atomic mass is 10.1. The van der Waals surface area contributed by atoms with Crippen molar-refractivity contribution in [3.05, 3.63) is 11.6 Å². The minimum Gasteiger partial charge on any atom is -0.321 e. The largest absolute Gasteiger partial charge is 0.321 e. The van der Waals surface area contributed by atoms with Gasteiger partial charge >= 0.3 is 0 Å². The molecule has 2 N–H and O–H groups in total. The van der Waals surface area contributed by atoms with Crippen LogP contribution in [0.2, 0.25) is 0 Å². The van der Waals surface area contributed by atoms with Crippen LogP contribution >= 0.6 is 0 Å². The predicted octanol–water partition coefficient (Wildman–Crippen LogP) is 0.0489. The maximum atomic E-state index is 11.4. The van der Waals surface area contributed by atoms with Gasteiger partial charge in [0.2, 0.25) is 0 Å². The second-order valence-corrected chi connectivity index (χ2v) is 7.56. The van der Waals surface area contributed by atoms with Crippen LogP contribution in [0.3, 0.4) is 0 Å². The molecule has 0 amide bonds. The van der Waals surface area contributed by atoms with E-state index in [1.807, 2.05) is 4.68 Å². The summed E-state index contributed by atoms with van der Waals surface area (Å²) in [4.78, 5) is 4.48. The highest BCUT2D eigenvalue weighted by atomic mass is 32.2. The Morgan fingerprint density at radius 3 is 2.89 bits per heavy atom. The number of fused-ring (bicyclic) bond motifs is 1. The number of aryl methyl sites for hydroxylation is 1. The Balaban J connectivity index is 1.74. The first kappa shape index (κ1) is 12.1. The number of sulfone groups is 1. The van der Waals surface area contributed by atoms with Crippen molar-refractivity contribution in [2.75, 3.05) is 11.5 Å². The molecule has 3 rings (SSSR count). The minimum absolute atomic E-state index is 0.0210. The molecule has 0 radical (unpaired) electrons. The predicted molar refractivity (Wildman–Crippen MR) is 66.6 cm³/mol. The average Bonchev–Trinajstić information content (AvgIpc) is 2.83. The van der Waals surface area contributed by atoms with Crippen LogP contribution in [0.4, 0.5) is 0 Å². The average molecular weight is 270 g/mol. The number of hydrogen-bond donors (Lipinski definition) is 1. The SMILES string of the molecule is NC1CCCn2nc(CC3CCS(=O)(=O)C3)nc21. The third-order valence-corrected chi connectivity index (χ3v) is 5.60. The van der Waals surface area contributed by atoms with Gasteiger partial charge in [-0.2, -0.15) is 5.10 Å². The third-order valence-electron chi connectivity index (χ3n) is 3.76. The van der Waals surface area contributed by atoms with Gasteiger partial charge in [0.05, 0.1) is 17.5 Å². The van der Waals surface area contributed by atoms with Crippen molar-refractivity contribution < 1.29 is 8.42 Å². The number of aromatic nitrogens is 3. The smallest absolute Gasteiger partial charge is 0.151 e. The molecule has 1 aromatic rings. The van der Waals surface area contributed by atoms with Crippen molar-refractivity contribution in [1.82, 2.24) is 14.8 Å². The van der Waals surface area contributed by atoms with E-state index in [9.17, 15) is 8.42 Å². The monoisotopic (exact) mass is 270 g/mol. The second kappa shape index (κ2) is 4.31. The first-order valence-corrected chi connectivity index (χ1v) is 8.25. The molecule has 2 atom stereocenters. The van der Waals surface area contributed by atoms with Crippen molar-refractivity contribution in [3.63, 3.8) is 0 Å². The zero-order valence-electron chi connectivity index (χ0n) is 10.2. The summed E-state index contributed by atoms with van der Waals surface area (Å²) in [6.45, 7) is 0.874. The van der Waals surface area contributed by atoms with Crippen LogP contribution in [-0.2, 0) is 22.8 Å². The Morgan fingerprint density at radius 1 is 1.39 bits per heavy atom. The molecule has 3 heterocycles. The highest BCUT2D eigenvalue weighted by Crippen LogP contribution is 2.24. The highest BCUT2D eigenvalue weighted by molar-refractivity contribution is 7.91. The zero-order valence-corrected chi connectivity index (χ0v) is 11.1. The molecule has 6 nitrogen and oxygen atoms in total. The lowest BCUT2D eigenvalue weighted by Crippen LogP contribution is -2.22. The van der Waals surface area contributed by atoms with Crippen molar-refractivity contribution in [2.24, 2.45) is 11.7 Å². The lowest BCUT2D eigenvalue weighted by molar-refractivity contribution is 0.421. The van der Waals surface area contributed by atoms with Crippen molar-refractivity contribution in [1.29, 1.82) is 0 Å². The third kappa shape index (κ3) is 2.29. The summed E-state index contributed by atoms with van der Waals surface area (Å²) in [6, 6.07) is -0.0210. The Morgan fingerprint density at radius 2 is 2.22 bits per heavy atom. The molecule has 2 unspecified atom stereocenters. The summed E-state index contributed by atoms with van der Waals surface area (Å²) in [6.07, 6.45) is 3.38. The van der Waals surface area contributed by atoms with Crippen LogP contribution in [0.15, 0.2) is 0 Å². The molecular formula is C11H18N4O2S. The summed E-state index contributed by atoms with van der Waals surface area (Å²) in [7, 11) is -2.82. The standard InChI is InChI=1S/C11H18N4O2S/c12-9-2-1-4-15-11(9)13-10(14-15)6-8-3-5-18(16,17)7-8/h8-9H,1-7,12H2. The van der Waals surface area contributed by atoms with Gasteiger partial charge in [-0.15, -0.1) is 0 Å². The van der Waals surface area contributed by atoms with E-state index in [0.29, 0.717) is 12.2 Å². The quantitative estimate of drug-likeness (QED) is 0.820. The van der Waals surface area contributed by atoms with Gasteiger partial charge in [-0.05, 0) is 25.2 Å². The first-order valence-electron chi connectivity index (χ1n) is 6.43. The van der Waals surface area contributed by atoms with E-state index in [0.717, 1.165) is 37.5 Å². The van der Waals surface area contributed by atoms with Gasteiger partial charge in [-0.1, -0.05) is 0 Å². The fraction of sp³-hybridized carbons (Fsp3) is 0.818. The lowest BCUT2D eigenvalue weighted by Gasteiger charge is -2.17. The summed E-state index contributed by atoms with van der Waals surface area (Å²) in [5, 5.41) is 4.44. The number of nitrogens with zero attached hydrogens (tertiary/aromatic N) is 3. The number of nitrogens with two attached hydrogens (primary N) is 1. The van der Waals surface area contributed by atoms with E-state index in [1.165, 1.54) is 0 Å². The van der Waals surface area contributed by atoms with Gasteiger partial charge in [0, 0.05) is 13.0 Å². The summed E-state index contributed by atoms with van der Waals surface area (Å²) < 4.78 is 24.7. The number of rotatable bonds is 2. The molecular weight excluding hydrogens is 252 g/mol. The van der Waals surface area contributed by atoms with Crippen LogP contribution in [0, 0.1) is 5.92 Å². The van der Waals surface area contributed by atoms with E-state index in [1.54, 1.807) is 0 Å².